The van der Waals surface area contributed by atoms with Crippen molar-refractivity contribution in [2.45, 2.75) is 32.4 Å². The van der Waals surface area contributed by atoms with Crippen molar-refractivity contribution < 1.29 is 9.59 Å². The number of hydrogen-bond donors (Lipinski definition) is 1. The van der Waals surface area contributed by atoms with Crippen LogP contribution in [0.25, 0.3) is 0 Å². The lowest BCUT2D eigenvalue weighted by Gasteiger charge is -2.16. The van der Waals surface area contributed by atoms with Gasteiger partial charge in [0.2, 0.25) is 5.91 Å². The summed E-state index contributed by atoms with van der Waals surface area (Å²) in [5.74, 6) is 0.721. The number of imide groups is 1. The zero-order chi connectivity index (χ0) is 10.0. The molecular formula is C9H15NO2S. The van der Waals surface area contributed by atoms with Gasteiger partial charge in [-0.05, 0) is 18.3 Å². The molecule has 0 spiro atoms. The number of amides is 2. The second-order valence-corrected chi connectivity index (χ2v) is 5.04. The second-order valence-electron chi connectivity index (χ2n) is 3.92. The molecule has 74 valence electrons. The Morgan fingerprint density at radius 3 is 2.38 bits per heavy atom. The van der Waals surface area contributed by atoms with Crippen LogP contribution in [0.2, 0.25) is 0 Å². The van der Waals surface area contributed by atoms with E-state index in [1.807, 2.05) is 6.92 Å². The Morgan fingerprint density at radius 1 is 1.38 bits per heavy atom. The average molecular weight is 201 g/mol. The first-order valence-corrected chi connectivity index (χ1v) is 5.40. The first-order chi connectivity index (χ1) is 6.00. The molecule has 1 aliphatic heterocycles. The number of rotatable bonds is 3. The maximum atomic E-state index is 11.3. The van der Waals surface area contributed by atoms with Gasteiger partial charge in [0.05, 0.1) is 5.25 Å². The van der Waals surface area contributed by atoms with Crippen molar-refractivity contribution in [3.8, 4) is 0 Å². The fourth-order valence-electron chi connectivity index (χ4n) is 1.61. The maximum absolute atomic E-state index is 11.3. The third-order valence-corrected chi connectivity index (χ3v) is 3.33. The Hall–Kier alpha value is -0.510. The molecule has 1 rings (SSSR count). The first kappa shape index (κ1) is 10.6. The van der Waals surface area contributed by atoms with Crippen LogP contribution in [0, 0.1) is 11.8 Å². The van der Waals surface area contributed by atoms with E-state index in [1.54, 1.807) is 0 Å². The van der Waals surface area contributed by atoms with Gasteiger partial charge in [-0.2, -0.15) is 0 Å². The lowest BCUT2D eigenvalue weighted by atomic mass is 9.95. The number of thioether (sulfide) groups is 1. The van der Waals surface area contributed by atoms with Crippen LogP contribution in [0.3, 0.4) is 0 Å². The van der Waals surface area contributed by atoms with E-state index < -0.39 is 0 Å². The summed E-state index contributed by atoms with van der Waals surface area (Å²) in [5, 5.41) is 1.93. The molecule has 1 aliphatic rings. The lowest BCUT2D eigenvalue weighted by Crippen LogP contribution is -2.28. The van der Waals surface area contributed by atoms with Gasteiger partial charge in [0.1, 0.15) is 0 Å². The Labute approximate surface area is 82.6 Å². The lowest BCUT2D eigenvalue weighted by molar-refractivity contribution is -0.119. The molecule has 1 heterocycles. The van der Waals surface area contributed by atoms with E-state index in [1.165, 1.54) is 0 Å². The average Bonchev–Trinajstić information content (AvgIpc) is 2.28. The molecule has 2 atom stereocenters. The Kier molecular flexibility index (Phi) is 3.36. The van der Waals surface area contributed by atoms with Crippen LogP contribution in [0.1, 0.15) is 27.2 Å². The van der Waals surface area contributed by atoms with Gasteiger partial charge in [-0.15, -0.1) is 0 Å². The molecule has 0 aliphatic carbocycles. The molecule has 4 heteroatoms. The van der Waals surface area contributed by atoms with E-state index in [2.05, 4.69) is 19.2 Å². The summed E-state index contributed by atoms with van der Waals surface area (Å²) < 4.78 is 0. The fourth-order valence-corrected chi connectivity index (χ4v) is 2.51. The van der Waals surface area contributed by atoms with Crippen LogP contribution in [0.4, 0.5) is 4.79 Å². The van der Waals surface area contributed by atoms with Crippen molar-refractivity contribution >= 4 is 22.9 Å². The highest BCUT2D eigenvalue weighted by Gasteiger charge is 2.35. The molecule has 1 saturated heterocycles. The molecule has 0 aromatic rings. The Bertz CT molecular complexity index is 228. The largest absolute Gasteiger partial charge is 0.286 e. The van der Waals surface area contributed by atoms with Gasteiger partial charge < -0.3 is 0 Å². The van der Waals surface area contributed by atoms with Crippen LogP contribution < -0.4 is 5.32 Å². The van der Waals surface area contributed by atoms with Gasteiger partial charge in [-0.25, -0.2) is 0 Å². The monoisotopic (exact) mass is 201 g/mol. The second kappa shape index (κ2) is 4.13. The third kappa shape index (κ3) is 2.72. The van der Waals surface area contributed by atoms with Gasteiger partial charge in [-0.1, -0.05) is 32.5 Å². The normalized spacial score (nSPS) is 25.1. The van der Waals surface area contributed by atoms with E-state index in [4.69, 9.17) is 0 Å². The molecule has 0 aromatic heterocycles. The van der Waals surface area contributed by atoms with Gasteiger partial charge >= 0.3 is 0 Å². The molecular weight excluding hydrogens is 186 g/mol. The molecule has 2 unspecified atom stereocenters. The smallest absolute Gasteiger partial charge is 0.286 e. The van der Waals surface area contributed by atoms with Crippen molar-refractivity contribution in [3.05, 3.63) is 0 Å². The van der Waals surface area contributed by atoms with E-state index >= 15 is 0 Å². The number of nitrogens with one attached hydrogen (secondary N) is 1. The summed E-state index contributed by atoms with van der Waals surface area (Å²) in [6.07, 6.45) is 0.984. The van der Waals surface area contributed by atoms with E-state index in [-0.39, 0.29) is 22.3 Å². The van der Waals surface area contributed by atoms with Gasteiger partial charge in [0.15, 0.2) is 0 Å². The fraction of sp³-hybridized carbons (Fsp3) is 0.778. The van der Waals surface area contributed by atoms with Gasteiger partial charge in [0.25, 0.3) is 5.24 Å². The Balaban J connectivity index is 2.52. The minimum Gasteiger partial charge on any atom is -0.286 e. The molecule has 1 fully saturated rings. The van der Waals surface area contributed by atoms with Crippen molar-refractivity contribution in [2.75, 3.05) is 0 Å². The molecule has 0 saturated carbocycles. The summed E-state index contributed by atoms with van der Waals surface area (Å²) in [6.45, 7) is 6.27. The topological polar surface area (TPSA) is 46.2 Å². The van der Waals surface area contributed by atoms with Crippen LogP contribution in [0.15, 0.2) is 0 Å². The minimum atomic E-state index is -0.203. The number of hydrogen-bond acceptors (Lipinski definition) is 3. The zero-order valence-electron chi connectivity index (χ0n) is 8.16. The summed E-state index contributed by atoms with van der Waals surface area (Å²) in [6, 6.07) is 0. The third-order valence-electron chi connectivity index (χ3n) is 2.08. The molecule has 3 nitrogen and oxygen atoms in total. The van der Waals surface area contributed by atoms with Crippen LogP contribution in [-0.4, -0.2) is 16.4 Å². The molecule has 0 aromatic carbocycles. The quantitative estimate of drug-likeness (QED) is 0.760. The zero-order valence-corrected chi connectivity index (χ0v) is 8.98. The molecule has 1 N–H and O–H groups in total. The first-order valence-electron chi connectivity index (χ1n) is 4.52. The van der Waals surface area contributed by atoms with E-state index in [0.29, 0.717) is 5.92 Å². The molecule has 0 radical (unpaired) electrons. The summed E-state index contributed by atoms with van der Waals surface area (Å²) in [4.78, 5) is 22.1. The van der Waals surface area contributed by atoms with Crippen molar-refractivity contribution in [3.63, 3.8) is 0 Å². The van der Waals surface area contributed by atoms with Crippen LogP contribution >= 0.6 is 11.8 Å². The molecule has 2 amide bonds. The highest BCUT2D eigenvalue weighted by Crippen LogP contribution is 2.29. The van der Waals surface area contributed by atoms with E-state index in [0.717, 1.165) is 18.2 Å². The van der Waals surface area contributed by atoms with Crippen molar-refractivity contribution in [1.29, 1.82) is 0 Å². The van der Waals surface area contributed by atoms with Gasteiger partial charge in [0, 0.05) is 0 Å². The standard InChI is InChI=1S/C9H15NO2S/c1-5(2)4-6(3)7-8(11)10-9(12)13-7/h5-7H,4H2,1-3H3,(H,10,11,12). The highest BCUT2D eigenvalue weighted by atomic mass is 32.2. The van der Waals surface area contributed by atoms with Gasteiger partial charge in [-0.3, -0.25) is 14.9 Å². The summed E-state index contributed by atoms with van der Waals surface area (Å²) >= 11 is 1.12. The predicted octanol–water partition coefficient (Wildman–Crippen LogP) is 2.02. The SMILES string of the molecule is CC(C)CC(C)C1SC(=O)NC1=O. The minimum absolute atomic E-state index is 0.122. The molecule has 0 bridgehead atoms. The number of carbonyl (C=O) groups is 2. The molecule has 13 heavy (non-hydrogen) atoms. The maximum Gasteiger partial charge on any atom is 0.286 e. The van der Waals surface area contributed by atoms with Crippen molar-refractivity contribution in [2.24, 2.45) is 11.8 Å². The summed E-state index contributed by atoms with van der Waals surface area (Å²) in [7, 11) is 0. The van der Waals surface area contributed by atoms with Crippen molar-refractivity contribution in [1.82, 2.24) is 5.32 Å². The van der Waals surface area contributed by atoms with Crippen LogP contribution in [0.5, 0.6) is 0 Å². The predicted molar refractivity (Wildman–Crippen MR) is 53.5 cm³/mol. The van der Waals surface area contributed by atoms with E-state index in [9.17, 15) is 9.59 Å². The Morgan fingerprint density at radius 2 is 2.00 bits per heavy atom. The highest BCUT2D eigenvalue weighted by molar-refractivity contribution is 8.15. The summed E-state index contributed by atoms with van der Waals surface area (Å²) in [5.41, 5.74) is 0. The van der Waals surface area contributed by atoms with Crippen LogP contribution in [-0.2, 0) is 4.79 Å². The number of carbonyl (C=O) groups excluding carboxylic acids is 2.